The Hall–Kier alpha value is -1.91. The molecule has 4 N–H and O–H groups in total. The van der Waals surface area contributed by atoms with E-state index in [0.717, 1.165) is 30.1 Å². The molecule has 1 unspecified atom stereocenters. The van der Waals surface area contributed by atoms with E-state index in [1.165, 1.54) is 49.6 Å². The van der Waals surface area contributed by atoms with Crippen LogP contribution >= 0.6 is 11.8 Å². The average Bonchev–Trinajstić information content (AvgIpc) is 3.36. The largest absolute Gasteiger partial charge is 0.349 e. The van der Waals surface area contributed by atoms with Crippen LogP contribution in [-0.4, -0.2) is 35.3 Å². The summed E-state index contributed by atoms with van der Waals surface area (Å²) in [6.07, 6.45) is 7.35. The first-order chi connectivity index (χ1) is 13.8. The number of amides is 1. The van der Waals surface area contributed by atoms with Crippen molar-refractivity contribution >= 4 is 27.7 Å². The molecular weight excluding hydrogens is 410 g/mol. The highest BCUT2D eigenvalue weighted by atomic mass is 32.2. The van der Waals surface area contributed by atoms with Crippen LogP contribution in [0, 0.1) is 5.92 Å². The van der Waals surface area contributed by atoms with E-state index in [1.54, 1.807) is 12.1 Å². The van der Waals surface area contributed by atoms with Gasteiger partial charge < -0.3 is 5.32 Å². The highest BCUT2D eigenvalue weighted by Crippen LogP contribution is 2.28. The van der Waals surface area contributed by atoms with E-state index in [4.69, 9.17) is 5.14 Å². The number of nitrogens with two attached hydrogens (primary N) is 1. The third kappa shape index (κ3) is 6.55. The SMILES string of the molecule is CC(NC(=O)CSc1n[nH]c(CCC2CCCC2)n1)c1ccc(S(N)(=O)=O)cc1. The van der Waals surface area contributed by atoms with E-state index in [9.17, 15) is 13.2 Å². The van der Waals surface area contributed by atoms with Crippen molar-refractivity contribution in [1.29, 1.82) is 0 Å². The highest BCUT2D eigenvalue weighted by molar-refractivity contribution is 7.99. The van der Waals surface area contributed by atoms with Gasteiger partial charge in [0.25, 0.3) is 0 Å². The minimum absolute atomic E-state index is 0.0451. The van der Waals surface area contributed by atoms with Crippen LogP contribution in [0.3, 0.4) is 0 Å². The lowest BCUT2D eigenvalue weighted by atomic mass is 10.0. The van der Waals surface area contributed by atoms with Gasteiger partial charge >= 0.3 is 0 Å². The van der Waals surface area contributed by atoms with Gasteiger partial charge in [0.2, 0.25) is 21.1 Å². The Morgan fingerprint density at radius 3 is 2.66 bits per heavy atom. The number of benzene rings is 1. The van der Waals surface area contributed by atoms with Gasteiger partial charge in [-0.3, -0.25) is 9.89 Å². The summed E-state index contributed by atoms with van der Waals surface area (Å²) in [6.45, 7) is 1.84. The number of thioether (sulfide) groups is 1. The molecule has 0 saturated heterocycles. The number of primary sulfonamides is 1. The van der Waals surface area contributed by atoms with E-state index < -0.39 is 10.0 Å². The molecule has 1 fully saturated rings. The van der Waals surface area contributed by atoms with Crippen molar-refractivity contribution in [3.8, 4) is 0 Å². The molecule has 158 valence electrons. The number of H-pyrrole nitrogens is 1. The normalized spacial score (nSPS) is 16.1. The van der Waals surface area contributed by atoms with Crippen molar-refractivity contribution in [2.75, 3.05) is 5.75 Å². The van der Waals surface area contributed by atoms with Crippen molar-refractivity contribution in [3.63, 3.8) is 0 Å². The minimum atomic E-state index is -3.72. The van der Waals surface area contributed by atoms with E-state index >= 15 is 0 Å². The molecule has 1 aliphatic rings. The van der Waals surface area contributed by atoms with Gasteiger partial charge in [-0.25, -0.2) is 18.5 Å². The summed E-state index contributed by atoms with van der Waals surface area (Å²) in [5.74, 6) is 1.75. The molecule has 1 aliphatic carbocycles. The van der Waals surface area contributed by atoms with Crippen molar-refractivity contribution in [3.05, 3.63) is 35.7 Å². The molecule has 1 aromatic heterocycles. The lowest BCUT2D eigenvalue weighted by molar-refractivity contribution is -0.119. The van der Waals surface area contributed by atoms with Gasteiger partial charge in [0.1, 0.15) is 5.82 Å². The zero-order chi connectivity index (χ0) is 20.9. The first kappa shape index (κ1) is 21.8. The van der Waals surface area contributed by atoms with Crippen molar-refractivity contribution in [1.82, 2.24) is 20.5 Å². The van der Waals surface area contributed by atoms with Gasteiger partial charge in [-0.1, -0.05) is 49.6 Å². The van der Waals surface area contributed by atoms with Crippen LogP contribution in [0.25, 0.3) is 0 Å². The molecule has 1 saturated carbocycles. The van der Waals surface area contributed by atoms with Crippen molar-refractivity contribution in [2.24, 2.45) is 11.1 Å². The molecule has 3 rings (SSSR count). The van der Waals surface area contributed by atoms with Crippen LogP contribution in [0.15, 0.2) is 34.3 Å². The van der Waals surface area contributed by atoms with E-state index in [0.29, 0.717) is 5.16 Å². The van der Waals surface area contributed by atoms with Crippen LogP contribution in [0.1, 0.15) is 56.5 Å². The van der Waals surface area contributed by atoms with Gasteiger partial charge in [-0.05, 0) is 37.0 Å². The monoisotopic (exact) mass is 437 g/mol. The van der Waals surface area contributed by atoms with Crippen LogP contribution in [0.5, 0.6) is 0 Å². The summed E-state index contributed by atoms with van der Waals surface area (Å²) >= 11 is 1.29. The predicted octanol–water partition coefficient (Wildman–Crippen LogP) is 2.54. The quantitative estimate of drug-likeness (QED) is 0.517. The molecule has 0 spiro atoms. The topological polar surface area (TPSA) is 131 Å². The fourth-order valence-electron chi connectivity index (χ4n) is 3.54. The number of rotatable bonds is 9. The summed E-state index contributed by atoms with van der Waals surface area (Å²) in [6, 6.07) is 5.89. The van der Waals surface area contributed by atoms with Gasteiger partial charge in [-0.2, -0.15) is 0 Å². The number of sulfonamides is 1. The molecule has 1 heterocycles. The van der Waals surface area contributed by atoms with Crippen LogP contribution in [0.4, 0.5) is 0 Å². The Morgan fingerprint density at radius 2 is 2.00 bits per heavy atom. The number of hydrogen-bond acceptors (Lipinski definition) is 6. The Bertz CT molecular complexity index is 922. The molecule has 1 amide bonds. The third-order valence-corrected chi connectivity index (χ3v) is 6.97. The molecule has 29 heavy (non-hydrogen) atoms. The summed E-state index contributed by atoms with van der Waals surface area (Å²) in [4.78, 5) is 16.7. The molecule has 10 heteroatoms. The summed E-state index contributed by atoms with van der Waals surface area (Å²) in [5.41, 5.74) is 0.794. The second kappa shape index (κ2) is 9.73. The first-order valence-corrected chi connectivity index (χ1v) is 12.3. The third-order valence-electron chi connectivity index (χ3n) is 5.19. The van der Waals surface area contributed by atoms with Gasteiger partial charge in [0, 0.05) is 6.42 Å². The molecule has 2 aromatic rings. The number of nitrogens with zero attached hydrogens (tertiary/aromatic N) is 2. The summed E-state index contributed by atoms with van der Waals surface area (Å²) < 4.78 is 22.6. The number of aromatic amines is 1. The predicted molar refractivity (Wildman–Crippen MR) is 112 cm³/mol. The van der Waals surface area contributed by atoms with Gasteiger partial charge in [0.05, 0.1) is 16.7 Å². The zero-order valence-corrected chi connectivity index (χ0v) is 18.1. The molecule has 1 atom stereocenters. The van der Waals surface area contributed by atoms with Gasteiger partial charge in [-0.15, -0.1) is 5.10 Å². The number of carbonyl (C=O) groups excluding carboxylic acids is 1. The Morgan fingerprint density at radius 1 is 1.31 bits per heavy atom. The number of carbonyl (C=O) groups is 1. The van der Waals surface area contributed by atoms with Crippen LogP contribution in [-0.2, 0) is 21.2 Å². The van der Waals surface area contributed by atoms with E-state index in [2.05, 4.69) is 20.5 Å². The Labute approximate surface area is 175 Å². The number of nitrogens with one attached hydrogen (secondary N) is 2. The fraction of sp³-hybridized carbons (Fsp3) is 0.526. The molecule has 8 nitrogen and oxygen atoms in total. The minimum Gasteiger partial charge on any atom is -0.349 e. The lowest BCUT2D eigenvalue weighted by Gasteiger charge is -2.14. The number of aryl methyl sites for hydroxylation is 1. The van der Waals surface area contributed by atoms with Crippen molar-refractivity contribution < 1.29 is 13.2 Å². The maximum absolute atomic E-state index is 12.2. The highest BCUT2D eigenvalue weighted by Gasteiger charge is 2.16. The Balaban J connectivity index is 1.43. The lowest BCUT2D eigenvalue weighted by Crippen LogP contribution is -2.28. The van der Waals surface area contributed by atoms with Crippen LogP contribution in [0.2, 0.25) is 0 Å². The molecule has 1 aromatic carbocycles. The van der Waals surface area contributed by atoms with Crippen LogP contribution < -0.4 is 10.5 Å². The molecular formula is C19H27N5O3S2. The standard InChI is InChI=1S/C19H27N5O3S2/c1-13(15-7-9-16(10-8-15)29(20,26)27)21-18(25)12-28-19-22-17(23-24-19)11-6-14-4-2-3-5-14/h7-10,13-14H,2-6,11-12H2,1H3,(H,21,25)(H2,20,26,27)(H,22,23,24). The Kier molecular flexibility index (Phi) is 7.31. The first-order valence-electron chi connectivity index (χ1n) is 9.77. The summed E-state index contributed by atoms with van der Waals surface area (Å²) in [5, 5.41) is 15.7. The molecule has 0 bridgehead atoms. The summed E-state index contributed by atoms with van der Waals surface area (Å²) in [7, 11) is -3.72. The number of aromatic nitrogens is 3. The maximum Gasteiger partial charge on any atom is 0.238 e. The van der Waals surface area contributed by atoms with E-state index in [1.807, 2.05) is 6.92 Å². The zero-order valence-electron chi connectivity index (χ0n) is 16.4. The smallest absolute Gasteiger partial charge is 0.238 e. The maximum atomic E-state index is 12.2. The second-order valence-electron chi connectivity index (χ2n) is 7.45. The molecule has 0 radical (unpaired) electrons. The number of hydrogen-bond donors (Lipinski definition) is 3. The van der Waals surface area contributed by atoms with E-state index in [-0.39, 0.29) is 22.6 Å². The second-order valence-corrected chi connectivity index (χ2v) is 9.95. The average molecular weight is 438 g/mol. The molecule has 0 aliphatic heterocycles. The fourth-order valence-corrected chi connectivity index (χ4v) is 4.68. The van der Waals surface area contributed by atoms with Crippen molar-refractivity contribution in [2.45, 2.75) is 61.5 Å². The van der Waals surface area contributed by atoms with Gasteiger partial charge in [0.15, 0.2) is 0 Å².